The van der Waals surface area contributed by atoms with Crippen LogP contribution in [0.5, 0.6) is 0 Å². The van der Waals surface area contributed by atoms with Crippen LogP contribution in [0.4, 0.5) is 22.0 Å². The average molecular weight is 499 g/mol. The Balaban J connectivity index is 2.41. The molecule has 1 rings (SSSR count). The van der Waals surface area contributed by atoms with Crippen LogP contribution >= 0.6 is 0 Å². The lowest BCUT2D eigenvalue weighted by molar-refractivity contribution is 0.00277. The molecule has 0 saturated heterocycles. The highest BCUT2D eigenvalue weighted by atomic mass is 28.4. The fraction of sp³-hybridized carbons (Fsp3) is 0.750. The molecule has 0 fully saturated rings. The first-order valence-corrected chi connectivity index (χ1v) is 13.9. The lowest BCUT2D eigenvalue weighted by Crippen LogP contribution is -2.50. The summed E-state index contributed by atoms with van der Waals surface area (Å²) >= 11 is 0. The largest absolute Gasteiger partial charge is 0.501 e. The summed E-state index contributed by atoms with van der Waals surface area (Å²) in [6.45, 7) is 11.8. The standard InChI is InChI=1S/C24H39F5O3Si/c1-16(2)30-33(31-17(3)4,32-18(5)6)15-13-11-9-7-8-10-12-14-19-20(25)22(27)24(29)23(28)21(19)26/h16-18H,7-15H2,1-6H3. The van der Waals surface area contributed by atoms with Gasteiger partial charge in [0.2, 0.25) is 5.82 Å². The summed E-state index contributed by atoms with van der Waals surface area (Å²) < 4.78 is 85.5. The lowest BCUT2D eigenvalue weighted by Gasteiger charge is -2.34. The predicted molar refractivity (Wildman–Crippen MR) is 121 cm³/mol. The van der Waals surface area contributed by atoms with Gasteiger partial charge in [-0.25, -0.2) is 22.0 Å². The minimum Gasteiger partial charge on any atom is -0.371 e. The summed E-state index contributed by atoms with van der Waals surface area (Å²) in [5.41, 5.74) is -0.729. The van der Waals surface area contributed by atoms with E-state index in [0.717, 1.165) is 38.1 Å². The molecule has 33 heavy (non-hydrogen) atoms. The molecule has 0 amide bonds. The van der Waals surface area contributed by atoms with Crippen molar-refractivity contribution in [2.75, 3.05) is 0 Å². The van der Waals surface area contributed by atoms with E-state index < -0.39 is 43.5 Å². The fourth-order valence-corrected chi connectivity index (χ4v) is 7.09. The molecular weight excluding hydrogens is 459 g/mol. The Kier molecular flexibility index (Phi) is 13.1. The zero-order valence-electron chi connectivity index (χ0n) is 20.7. The maximum atomic E-state index is 13.7. The number of benzene rings is 1. The topological polar surface area (TPSA) is 27.7 Å². The van der Waals surface area contributed by atoms with Crippen LogP contribution in [0.1, 0.15) is 92.1 Å². The Morgan fingerprint density at radius 2 is 0.848 bits per heavy atom. The van der Waals surface area contributed by atoms with Crippen molar-refractivity contribution in [3.8, 4) is 0 Å². The minimum atomic E-state index is -2.79. The van der Waals surface area contributed by atoms with E-state index in [1.807, 2.05) is 41.5 Å². The molecule has 0 aliphatic carbocycles. The van der Waals surface area contributed by atoms with E-state index >= 15 is 0 Å². The van der Waals surface area contributed by atoms with Gasteiger partial charge in [0.15, 0.2) is 23.3 Å². The number of unbranched alkanes of at least 4 members (excludes halogenated alkanes) is 6. The van der Waals surface area contributed by atoms with E-state index in [1.165, 1.54) is 0 Å². The molecule has 9 heteroatoms. The van der Waals surface area contributed by atoms with E-state index in [0.29, 0.717) is 12.8 Å². The molecule has 0 saturated carbocycles. The van der Waals surface area contributed by atoms with Gasteiger partial charge >= 0.3 is 8.80 Å². The van der Waals surface area contributed by atoms with Gasteiger partial charge in [-0.3, -0.25) is 0 Å². The number of halogens is 5. The van der Waals surface area contributed by atoms with E-state index in [2.05, 4.69) is 0 Å². The van der Waals surface area contributed by atoms with Gasteiger partial charge in [0.05, 0.1) is 0 Å². The smallest absolute Gasteiger partial charge is 0.371 e. The summed E-state index contributed by atoms with van der Waals surface area (Å²) in [6, 6.07) is 0.738. The Morgan fingerprint density at radius 3 is 1.24 bits per heavy atom. The first-order valence-electron chi connectivity index (χ1n) is 11.9. The molecule has 0 unspecified atom stereocenters. The SMILES string of the molecule is CC(C)O[Si](CCCCCCCCCc1c(F)c(F)c(F)c(F)c1F)(OC(C)C)OC(C)C. The molecule has 0 N–H and O–H groups in total. The van der Waals surface area contributed by atoms with Gasteiger partial charge in [-0.2, -0.15) is 0 Å². The summed E-state index contributed by atoms with van der Waals surface area (Å²) in [5.74, 6) is -9.33. The van der Waals surface area contributed by atoms with Crippen LogP contribution in [0, 0.1) is 29.1 Å². The number of rotatable bonds is 16. The van der Waals surface area contributed by atoms with Gasteiger partial charge in [0.1, 0.15) is 0 Å². The quantitative estimate of drug-likeness (QED) is 0.0763. The first kappa shape index (κ1) is 30.0. The second-order valence-electron chi connectivity index (χ2n) is 9.21. The second kappa shape index (κ2) is 14.4. The van der Waals surface area contributed by atoms with Gasteiger partial charge in [0, 0.05) is 29.9 Å². The van der Waals surface area contributed by atoms with Crippen LogP contribution < -0.4 is 0 Å². The highest BCUT2D eigenvalue weighted by Gasteiger charge is 2.43. The van der Waals surface area contributed by atoms with Crippen LogP contribution in [0.25, 0.3) is 0 Å². The van der Waals surface area contributed by atoms with Crippen LogP contribution in [0.3, 0.4) is 0 Å². The Labute approximate surface area is 196 Å². The highest BCUT2D eigenvalue weighted by molar-refractivity contribution is 6.60. The Hall–Kier alpha value is -1.03. The zero-order valence-corrected chi connectivity index (χ0v) is 21.7. The van der Waals surface area contributed by atoms with Crippen LogP contribution in [0.15, 0.2) is 0 Å². The monoisotopic (exact) mass is 498 g/mol. The molecule has 0 aliphatic heterocycles. The molecule has 0 aromatic heterocycles. The molecule has 0 bridgehead atoms. The minimum absolute atomic E-state index is 0.00639. The van der Waals surface area contributed by atoms with Gasteiger partial charge < -0.3 is 13.3 Å². The van der Waals surface area contributed by atoms with Crippen molar-refractivity contribution in [2.45, 2.75) is 117 Å². The molecular formula is C24H39F5O3Si. The molecule has 0 radical (unpaired) electrons. The Bertz CT molecular complexity index is 673. The lowest BCUT2D eigenvalue weighted by atomic mass is 10.0. The predicted octanol–water partition coefficient (Wildman–Crippen LogP) is 7.87. The van der Waals surface area contributed by atoms with Crippen molar-refractivity contribution in [1.29, 1.82) is 0 Å². The van der Waals surface area contributed by atoms with Crippen LogP contribution in [0.2, 0.25) is 6.04 Å². The first-order chi connectivity index (χ1) is 15.4. The number of hydrogen-bond donors (Lipinski definition) is 0. The third kappa shape index (κ3) is 10.0. The summed E-state index contributed by atoms with van der Waals surface area (Å²) in [6.07, 6.45) is 5.45. The van der Waals surface area contributed by atoms with Gasteiger partial charge in [-0.1, -0.05) is 32.1 Å². The van der Waals surface area contributed by atoms with E-state index in [1.54, 1.807) is 0 Å². The molecule has 1 aromatic rings. The molecule has 0 aliphatic rings. The molecule has 0 spiro atoms. The van der Waals surface area contributed by atoms with E-state index in [-0.39, 0.29) is 24.7 Å². The van der Waals surface area contributed by atoms with E-state index in [9.17, 15) is 22.0 Å². The van der Waals surface area contributed by atoms with Crippen molar-refractivity contribution in [1.82, 2.24) is 0 Å². The van der Waals surface area contributed by atoms with Crippen LogP contribution in [-0.2, 0) is 19.7 Å². The maximum Gasteiger partial charge on any atom is 0.501 e. The maximum absolute atomic E-state index is 13.7. The van der Waals surface area contributed by atoms with Crippen molar-refractivity contribution in [2.24, 2.45) is 0 Å². The normalized spacial score (nSPS) is 12.5. The van der Waals surface area contributed by atoms with Gasteiger partial charge in [-0.15, -0.1) is 0 Å². The van der Waals surface area contributed by atoms with Crippen molar-refractivity contribution < 1.29 is 35.2 Å². The summed E-state index contributed by atoms with van der Waals surface area (Å²) in [7, 11) is -2.79. The molecule has 1 aromatic carbocycles. The molecule has 192 valence electrons. The molecule has 0 heterocycles. The second-order valence-corrected chi connectivity index (χ2v) is 11.8. The highest BCUT2D eigenvalue weighted by Crippen LogP contribution is 2.26. The molecule has 0 atom stereocenters. The fourth-order valence-electron chi connectivity index (χ4n) is 3.73. The van der Waals surface area contributed by atoms with Crippen molar-refractivity contribution in [3.05, 3.63) is 34.6 Å². The van der Waals surface area contributed by atoms with Crippen LogP contribution in [-0.4, -0.2) is 27.1 Å². The average Bonchev–Trinajstić information content (AvgIpc) is 2.70. The van der Waals surface area contributed by atoms with Gasteiger partial charge in [-0.05, 0) is 60.8 Å². The summed E-state index contributed by atoms with van der Waals surface area (Å²) in [5, 5.41) is 0. The third-order valence-electron chi connectivity index (χ3n) is 4.96. The summed E-state index contributed by atoms with van der Waals surface area (Å²) in [4.78, 5) is 0. The van der Waals surface area contributed by atoms with Gasteiger partial charge in [0.25, 0.3) is 0 Å². The zero-order chi connectivity index (χ0) is 25.2. The van der Waals surface area contributed by atoms with E-state index in [4.69, 9.17) is 13.3 Å². The van der Waals surface area contributed by atoms with Crippen molar-refractivity contribution >= 4 is 8.80 Å². The van der Waals surface area contributed by atoms with Crippen molar-refractivity contribution in [3.63, 3.8) is 0 Å². The Morgan fingerprint density at radius 1 is 0.515 bits per heavy atom. The number of hydrogen-bond acceptors (Lipinski definition) is 3. The third-order valence-corrected chi connectivity index (χ3v) is 8.41. The molecule has 3 nitrogen and oxygen atoms in total.